The number of nitrogens with one attached hydrogen (secondary N) is 1. The van der Waals surface area contributed by atoms with Crippen molar-refractivity contribution in [1.82, 2.24) is 10.7 Å². The van der Waals surface area contributed by atoms with Gasteiger partial charge in [0.2, 0.25) is 0 Å². The summed E-state index contributed by atoms with van der Waals surface area (Å²) in [6.07, 6.45) is 3.12. The first kappa shape index (κ1) is 11.0. The predicted octanol–water partition coefficient (Wildman–Crippen LogP) is 0.895. The summed E-state index contributed by atoms with van der Waals surface area (Å²) in [4.78, 5) is 11.8. The number of hydrogen-bond donors (Lipinski definition) is 1. The van der Waals surface area contributed by atoms with Crippen LogP contribution >= 0.6 is 0 Å². The van der Waals surface area contributed by atoms with Crippen LogP contribution in [0.5, 0.6) is 0 Å². The zero-order valence-corrected chi connectivity index (χ0v) is 9.78. The largest absolute Gasteiger partial charge is 0.458 e. The van der Waals surface area contributed by atoms with E-state index >= 15 is 0 Å². The molecule has 1 fully saturated rings. The molecule has 87 valence electrons. The molecule has 0 aromatic heterocycles. The highest BCUT2D eigenvalue weighted by Gasteiger charge is 2.31. The average molecular weight is 222 g/mol. The summed E-state index contributed by atoms with van der Waals surface area (Å²) in [5.74, 6) is -0.209. The van der Waals surface area contributed by atoms with Crippen molar-refractivity contribution in [2.75, 3.05) is 0 Å². The molecule has 0 aromatic carbocycles. The SMILES string of the molecule is CC(C)(C)OC(=O)C1CCC2=N[N]C=C2N1. The fourth-order valence-corrected chi connectivity index (χ4v) is 1.68. The normalized spacial score (nSPS) is 23.6. The van der Waals surface area contributed by atoms with Crippen LogP contribution in [0, 0.1) is 0 Å². The van der Waals surface area contributed by atoms with Crippen LogP contribution in [0.4, 0.5) is 0 Å². The van der Waals surface area contributed by atoms with Crippen molar-refractivity contribution in [2.24, 2.45) is 5.10 Å². The van der Waals surface area contributed by atoms with Crippen LogP contribution in [-0.2, 0) is 9.53 Å². The lowest BCUT2D eigenvalue weighted by atomic mass is 10.0. The summed E-state index contributed by atoms with van der Waals surface area (Å²) in [5, 5.41) is 7.06. The van der Waals surface area contributed by atoms with Gasteiger partial charge in [-0.25, -0.2) is 4.79 Å². The smallest absolute Gasteiger partial charge is 0.329 e. The van der Waals surface area contributed by atoms with Gasteiger partial charge in [-0.1, -0.05) is 0 Å². The molecule has 2 rings (SSSR count). The van der Waals surface area contributed by atoms with Crippen LogP contribution in [-0.4, -0.2) is 23.3 Å². The van der Waals surface area contributed by atoms with Gasteiger partial charge in [0, 0.05) is 0 Å². The summed E-state index contributed by atoms with van der Waals surface area (Å²) in [7, 11) is 0. The lowest BCUT2D eigenvalue weighted by Gasteiger charge is -2.28. The lowest BCUT2D eigenvalue weighted by Crippen LogP contribution is -2.45. The van der Waals surface area contributed by atoms with Gasteiger partial charge in [-0.2, -0.15) is 10.5 Å². The van der Waals surface area contributed by atoms with Gasteiger partial charge in [0.1, 0.15) is 11.6 Å². The standard InChI is InChI=1S/C11H16N3O2/c1-11(2,3)16-10(15)8-5-4-7-9(13-8)6-12-14-7/h6,8,13H,4-5H2,1-3H3. The zero-order chi connectivity index (χ0) is 11.8. The van der Waals surface area contributed by atoms with Crippen molar-refractivity contribution >= 4 is 11.7 Å². The molecule has 5 heteroatoms. The Morgan fingerprint density at radius 3 is 3.00 bits per heavy atom. The predicted molar refractivity (Wildman–Crippen MR) is 59.7 cm³/mol. The number of hydrogen-bond acceptors (Lipinski definition) is 4. The van der Waals surface area contributed by atoms with Gasteiger partial charge >= 0.3 is 5.97 Å². The molecule has 0 aliphatic carbocycles. The maximum absolute atomic E-state index is 11.8. The second kappa shape index (κ2) is 3.81. The minimum absolute atomic E-state index is 0.209. The van der Waals surface area contributed by atoms with E-state index < -0.39 is 5.60 Å². The molecule has 0 saturated carbocycles. The second-order valence-corrected chi connectivity index (χ2v) is 4.97. The molecule has 2 aliphatic heterocycles. The van der Waals surface area contributed by atoms with Crippen molar-refractivity contribution in [3.63, 3.8) is 0 Å². The highest BCUT2D eigenvalue weighted by atomic mass is 16.6. The molecule has 2 heterocycles. The Kier molecular flexibility index (Phi) is 2.61. The van der Waals surface area contributed by atoms with Gasteiger partial charge in [-0.05, 0) is 33.6 Å². The lowest BCUT2D eigenvalue weighted by molar-refractivity contribution is -0.157. The van der Waals surface area contributed by atoms with Crippen molar-refractivity contribution in [1.29, 1.82) is 0 Å². The quantitative estimate of drug-likeness (QED) is 0.670. The molecule has 1 atom stereocenters. The molecule has 1 N–H and O–H groups in total. The summed E-state index contributed by atoms with van der Waals surface area (Å²) < 4.78 is 5.33. The fourth-order valence-electron chi connectivity index (χ4n) is 1.68. The number of carbonyl (C=O) groups excluding carboxylic acids is 1. The van der Waals surface area contributed by atoms with Crippen molar-refractivity contribution in [3.8, 4) is 0 Å². The minimum Gasteiger partial charge on any atom is -0.458 e. The van der Waals surface area contributed by atoms with Crippen LogP contribution in [0.15, 0.2) is 17.0 Å². The van der Waals surface area contributed by atoms with Crippen LogP contribution in [0.2, 0.25) is 0 Å². The number of esters is 1. The van der Waals surface area contributed by atoms with Gasteiger partial charge < -0.3 is 10.1 Å². The fraction of sp³-hybridized carbons (Fsp3) is 0.636. The third-order valence-electron chi connectivity index (χ3n) is 2.37. The number of fused-ring (bicyclic) bond motifs is 1. The van der Waals surface area contributed by atoms with E-state index in [-0.39, 0.29) is 12.0 Å². The third kappa shape index (κ3) is 2.35. The van der Waals surface area contributed by atoms with Crippen molar-refractivity contribution in [3.05, 3.63) is 11.9 Å². The van der Waals surface area contributed by atoms with E-state index in [0.29, 0.717) is 6.42 Å². The number of nitrogens with zero attached hydrogens (tertiary/aromatic N) is 2. The minimum atomic E-state index is -0.443. The molecule has 2 aliphatic rings. The molecule has 1 unspecified atom stereocenters. The molecule has 0 spiro atoms. The van der Waals surface area contributed by atoms with Gasteiger partial charge in [-0.15, -0.1) is 0 Å². The molecular formula is C11H16N3O2. The van der Waals surface area contributed by atoms with E-state index in [1.54, 1.807) is 6.20 Å². The average Bonchev–Trinajstić information content (AvgIpc) is 2.61. The summed E-state index contributed by atoms with van der Waals surface area (Å²) in [6.45, 7) is 5.60. The molecule has 16 heavy (non-hydrogen) atoms. The molecule has 0 amide bonds. The van der Waals surface area contributed by atoms with Crippen LogP contribution in [0.1, 0.15) is 33.6 Å². The number of carbonyl (C=O) groups is 1. The van der Waals surface area contributed by atoms with Gasteiger partial charge in [0.25, 0.3) is 0 Å². The number of rotatable bonds is 1. The molecule has 0 bridgehead atoms. The Balaban J connectivity index is 1.97. The van der Waals surface area contributed by atoms with Gasteiger partial charge in [0.05, 0.1) is 17.6 Å². The van der Waals surface area contributed by atoms with Crippen LogP contribution < -0.4 is 10.7 Å². The van der Waals surface area contributed by atoms with E-state index in [0.717, 1.165) is 17.8 Å². The Hall–Kier alpha value is -1.52. The van der Waals surface area contributed by atoms with Crippen molar-refractivity contribution < 1.29 is 9.53 Å². The zero-order valence-electron chi connectivity index (χ0n) is 9.78. The molecule has 0 aromatic rings. The first-order chi connectivity index (χ1) is 7.46. The van der Waals surface area contributed by atoms with Gasteiger partial charge in [0.15, 0.2) is 0 Å². The van der Waals surface area contributed by atoms with E-state index in [1.165, 1.54) is 0 Å². The molecule has 1 radical (unpaired) electrons. The van der Waals surface area contributed by atoms with Crippen molar-refractivity contribution in [2.45, 2.75) is 45.3 Å². The molecular weight excluding hydrogens is 206 g/mol. The first-order valence-corrected chi connectivity index (χ1v) is 5.42. The highest BCUT2D eigenvalue weighted by Crippen LogP contribution is 2.19. The first-order valence-electron chi connectivity index (χ1n) is 5.42. The Morgan fingerprint density at radius 1 is 1.56 bits per heavy atom. The maximum Gasteiger partial charge on any atom is 0.329 e. The number of allylic oxidation sites excluding steroid dienone is 1. The maximum atomic E-state index is 11.8. The highest BCUT2D eigenvalue weighted by molar-refractivity contribution is 6.02. The number of piperidine rings is 1. The van der Waals surface area contributed by atoms with E-state index in [4.69, 9.17) is 4.74 Å². The van der Waals surface area contributed by atoms with E-state index in [9.17, 15) is 4.79 Å². The van der Waals surface area contributed by atoms with Crippen LogP contribution in [0.3, 0.4) is 0 Å². The monoisotopic (exact) mass is 222 g/mol. The number of ether oxygens (including phenoxy) is 1. The Bertz CT molecular complexity index is 366. The Labute approximate surface area is 94.9 Å². The second-order valence-electron chi connectivity index (χ2n) is 4.97. The van der Waals surface area contributed by atoms with E-state index in [1.807, 2.05) is 20.8 Å². The Morgan fingerprint density at radius 2 is 2.31 bits per heavy atom. The topological polar surface area (TPSA) is 64.8 Å². The van der Waals surface area contributed by atoms with Gasteiger partial charge in [-0.3, -0.25) is 0 Å². The van der Waals surface area contributed by atoms with Crippen LogP contribution in [0.25, 0.3) is 0 Å². The molecule has 5 nitrogen and oxygen atoms in total. The third-order valence-corrected chi connectivity index (χ3v) is 2.37. The summed E-state index contributed by atoms with van der Waals surface area (Å²) >= 11 is 0. The molecule has 1 saturated heterocycles. The van der Waals surface area contributed by atoms with E-state index in [2.05, 4.69) is 15.8 Å². The summed E-state index contributed by atoms with van der Waals surface area (Å²) in [5.41, 5.74) is 5.14. The summed E-state index contributed by atoms with van der Waals surface area (Å²) in [6, 6.07) is -0.280.